The van der Waals surface area contributed by atoms with Gasteiger partial charge in [0.05, 0.1) is 19.6 Å². The maximum atomic E-state index is 13.1. The minimum Gasteiger partial charge on any atom is -0.493 e. The van der Waals surface area contributed by atoms with Crippen molar-refractivity contribution in [2.24, 2.45) is 0 Å². The van der Waals surface area contributed by atoms with Crippen LogP contribution in [0, 0.1) is 0 Å². The number of hydrogen-bond acceptors (Lipinski definition) is 4. The molecular weight excluding hydrogens is 358 g/mol. The Balaban J connectivity index is 1.83. The summed E-state index contributed by atoms with van der Waals surface area (Å²) in [7, 11) is 1.54. The van der Waals surface area contributed by atoms with Gasteiger partial charge in [-0.05, 0) is 35.7 Å². The molecule has 3 rings (SSSR count). The first-order valence-corrected chi connectivity index (χ1v) is 9.45. The predicted molar refractivity (Wildman–Crippen MR) is 105 cm³/mol. The number of nitrogens with zero attached hydrogens (tertiary/aromatic N) is 1. The monoisotopic (exact) mass is 383 g/mol. The maximum absolute atomic E-state index is 13.1. The lowest BCUT2D eigenvalue weighted by atomic mass is 9.89. The predicted octanol–water partition coefficient (Wildman–Crippen LogP) is 3.70. The number of hydrogen-bond donors (Lipinski definition) is 1. The summed E-state index contributed by atoms with van der Waals surface area (Å²) in [6.45, 7) is 3.20. The van der Waals surface area contributed by atoms with Gasteiger partial charge < -0.3 is 19.5 Å². The molecule has 0 radical (unpaired) electrons. The van der Waals surface area contributed by atoms with E-state index in [-0.39, 0.29) is 12.5 Å². The molecule has 28 heavy (non-hydrogen) atoms. The molecule has 1 N–H and O–H groups in total. The Morgan fingerprint density at radius 3 is 2.68 bits per heavy atom. The Morgan fingerprint density at radius 2 is 1.96 bits per heavy atom. The van der Waals surface area contributed by atoms with E-state index in [2.05, 4.69) is 6.92 Å². The Kier molecular flexibility index (Phi) is 6.19. The number of unbranched alkanes of at least 4 members (excludes halogenated alkanes) is 1. The second kappa shape index (κ2) is 8.78. The van der Waals surface area contributed by atoms with Gasteiger partial charge in [0, 0.05) is 18.7 Å². The molecule has 0 saturated heterocycles. The van der Waals surface area contributed by atoms with Gasteiger partial charge in [-0.15, -0.1) is 0 Å². The van der Waals surface area contributed by atoms with Gasteiger partial charge in [0.1, 0.15) is 0 Å². The molecule has 0 bridgehead atoms. The number of aliphatic carboxylic acids is 1. The van der Waals surface area contributed by atoms with Crippen LogP contribution in [0.3, 0.4) is 0 Å². The zero-order chi connectivity index (χ0) is 20.1. The van der Waals surface area contributed by atoms with Crippen molar-refractivity contribution in [2.75, 3.05) is 20.3 Å². The van der Waals surface area contributed by atoms with Gasteiger partial charge in [0.2, 0.25) is 0 Å². The topological polar surface area (TPSA) is 76.1 Å². The quantitative estimate of drug-likeness (QED) is 0.738. The maximum Gasteiger partial charge on any atom is 0.312 e. The summed E-state index contributed by atoms with van der Waals surface area (Å²) in [5, 5.41) is 9.60. The van der Waals surface area contributed by atoms with Crippen molar-refractivity contribution >= 4 is 11.9 Å². The lowest BCUT2D eigenvalue weighted by Crippen LogP contribution is -2.40. The van der Waals surface area contributed by atoms with Crippen molar-refractivity contribution in [2.45, 2.75) is 32.2 Å². The normalized spacial score (nSPS) is 15.6. The number of ether oxygens (including phenoxy) is 2. The van der Waals surface area contributed by atoms with E-state index in [4.69, 9.17) is 9.47 Å². The summed E-state index contributed by atoms with van der Waals surface area (Å²) in [5.74, 6) is -0.789. The molecule has 1 atom stereocenters. The third-order valence-corrected chi connectivity index (χ3v) is 4.95. The molecule has 148 valence electrons. The zero-order valence-corrected chi connectivity index (χ0v) is 16.2. The summed E-state index contributed by atoms with van der Waals surface area (Å²) in [4.78, 5) is 26.3. The second-order valence-corrected chi connectivity index (χ2v) is 6.84. The first-order valence-electron chi connectivity index (χ1n) is 9.45. The smallest absolute Gasteiger partial charge is 0.312 e. The lowest BCUT2D eigenvalue weighted by Gasteiger charge is -2.33. The summed E-state index contributed by atoms with van der Waals surface area (Å²) < 4.78 is 11.1. The van der Waals surface area contributed by atoms with E-state index >= 15 is 0 Å². The number of fused-ring (bicyclic) bond motifs is 1. The number of benzene rings is 2. The summed E-state index contributed by atoms with van der Waals surface area (Å²) in [6.07, 6.45) is 1.97. The van der Waals surface area contributed by atoms with Crippen molar-refractivity contribution in [3.8, 4) is 11.5 Å². The van der Waals surface area contributed by atoms with Crippen LogP contribution >= 0.6 is 0 Å². The lowest BCUT2D eigenvalue weighted by molar-refractivity contribution is -0.139. The summed E-state index contributed by atoms with van der Waals surface area (Å²) >= 11 is 0. The largest absolute Gasteiger partial charge is 0.493 e. The third-order valence-electron chi connectivity index (χ3n) is 4.95. The van der Waals surface area contributed by atoms with E-state index in [0.29, 0.717) is 30.2 Å². The average molecular weight is 383 g/mol. The second-order valence-electron chi connectivity index (χ2n) is 6.84. The molecule has 1 heterocycles. The molecule has 1 aliphatic rings. The van der Waals surface area contributed by atoms with Gasteiger partial charge in [-0.1, -0.05) is 37.6 Å². The number of rotatable bonds is 7. The van der Waals surface area contributed by atoms with Crippen LogP contribution in [0.25, 0.3) is 0 Å². The van der Waals surface area contributed by atoms with Crippen LogP contribution in [-0.2, 0) is 11.3 Å². The Hall–Kier alpha value is -3.02. The molecule has 0 aromatic heterocycles. The van der Waals surface area contributed by atoms with Gasteiger partial charge in [0.15, 0.2) is 11.5 Å². The first kappa shape index (κ1) is 19.7. The molecule has 0 fully saturated rings. The standard InChI is InChI=1S/C22H25NO5/c1-3-4-11-28-19-10-9-15(12-20(19)27-2)21(24)23-13-16-7-5-6-8-17(16)18(14-23)22(25)26/h5-10,12,18H,3-4,11,13-14H2,1-2H3,(H,25,26). The molecule has 0 spiro atoms. The highest BCUT2D eigenvalue weighted by molar-refractivity contribution is 5.95. The van der Waals surface area contributed by atoms with Gasteiger partial charge in [-0.2, -0.15) is 0 Å². The molecular formula is C22H25NO5. The summed E-state index contributed by atoms with van der Waals surface area (Å²) in [5.41, 5.74) is 2.08. The summed E-state index contributed by atoms with van der Waals surface area (Å²) in [6, 6.07) is 12.5. The molecule has 6 nitrogen and oxygen atoms in total. The third kappa shape index (κ3) is 4.11. The van der Waals surface area contributed by atoms with Gasteiger partial charge in [-0.3, -0.25) is 9.59 Å². The molecule has 1 aliphatic heterocycles. The first-order chi connectivity index (χ1) is 13.5. The van der Waals surface area contributed by atoms with Crippen molar-refractivity contribution in [1.29, 1.82) is 0 Å². The van der Waals surface area contributed by atoms with E-state index in [1.165, 1.54) is 7.11 Å². The number of amides is 1. The van der Waals surface area contributed by atoms with Gasteiger partial charge in [0.25, 0.3) is 5.91 Å². The average Bonchev–Trinajstić information content (AvgIpc) is 2.72. The van der Waals surface area contributed by atoms with E-state index in [9.17, 15) is 14.7 Å². The number of carboxylic acids is 1. The number of carbonyl (C=O) groups excluding carboxylic acids is 1. The molecule has 2 aromatic rings. The highest BCUT2D eigenvalue weighted by atomic mass is 16.5. The number of methoxy groups -OCH3 is 1. The molecule has 6 heteroatoms. The Bertz CT molecular complexity index is 864. The number of carboxylic acid groups (broad SMARTS) is 1. The van der Waals surface area contributed by atoms with Crippen molar-refractivity contribution in [3.05, 3.63) is 59.2 Å². The number of carbonyl (C=O) groups is 2. The van der Waals surface area contributed by atoms with E-state index in [1.54, 1.807) is 23.1 Å². The van der Waals surface area contributed by atoms with Crippen molar-refractivity contribution < 1.29 is 24.2 Å². The fraction of sp³-hybridized carbons (Fsp3) is 0.364. The SMILES string of the molecule is CCCCOc1ccc(C(=O)N2Cc3ccccc3C(C(=O)O)C2)cc1OC. The van der Waals surface area contributed by atoms with Crippen LogP contribution in [0.5, 0.6) is 11.5 Å². The van der Waals surface area contributed by atoms with Gasteiger partial charge in [-0.25, -0.2) is 0 Å². The fourth-order valence-electron chi connectivity index (χ4n) is 3.40. The van der Waals surface area contributed by atoms with Crippen LogP contribution < -0.4 is 9.47 Å². The highest BCUT2D eigenvalue weighted by Crippen LogP contribution is 2.32. The van der Waals surface area contributed by atoms with Crippen LogP contribution in [0.4, 0.5) is 0 Å². The van der Waals surface area contributed by atoms with E-state index in [0.717, 1.165) is 24.0 Å². The van der Waals surface area contributed by atoms with Crippen LogP contribution in [0.15, 0.2) is 42.5 Å². The molecule has 0 aliphatic carbocycles. The zero-order valence-electron chi connectivity index (χ0n) is 16.2. The molecule has 0 saturated carbocycles. The highest BCUT2D eigenvalue weighted by Gasteiger charge is 2.32. The Labute approximate surface area is 164 Å². The van der Waals surface area contributed by atoms with Gasteiger partial charge >= 0.3 is 5.97 Å². The molecule has 1 unspecified atom stereocenters. The minimum absolute atomic E-state index is 0.141. The van der Waals surface area contributed by atoms with Crippen molar-refractivity contribution in [3.63, 3.8) is 0 Å². The van der Waals surface area contributed by atoms with E-state index < -0.39 is 11.9 Å². The van der Waals surface area contributed by atoms with E-state index in [1.807, 2.05) is 24.3 Å². The molecule has 1 amide bonds. The Morgan fingerprint density at radius 1 is 1.18 bits per heavy atom. The van der Waals surface area contributed by atoms with Crippen LogP contribution in [-0.4, -0.2) is 42.1 Å². The van der Waals surface area contributed by atoms with Crippen molar-refractivity contribution in [1.82, 2.24) is 4.90 Å². The minimum atomic E-state index is -0.929. The fourth-order valence-corrected chi connectivity index (χ4v) is 3.40. The van der Waals surface area contributed by atoms with Crippen LogP contribution in [0.1, 0.15) is 47.2 Å². The van der Waals surface area contributed by atoms with Crippen LogP contribution in [0.2, 0.25) is 0 Å². The molecule has 2 aromatic carbocycles.